The Bertz CT molecular complexity index is 844. The van der Waals surface area contributed by atoms with E-state index < -0.39 is 0 Å². The summed E-state index contributed by atoms with van der Waals surface area (Å²) in [4.78, 5) is 0. The lowest BCUT2D eigenvalue weighted by Gasteiger charge is -2.18. The minimum Gasteiger partial charge on any atom is -0.0741 e. The van der Waals surface area contributed by atoms with Gasteiger partial charge in [0.05, 0.1) is 0 Å². The predicted octanol–water partition coefficient (Wildman–Crippen LogP) is 4.74. The van der Waals surface area contributed by atoms with E-state index >= 15 is 0 Å². The Labute approximate surface area is 138 Å². The first-order valence-electron chi connectivity index (χ1n) is 8.91. The largest absolute Gasteiger partial charge is 0.0741 e. The van der Waals surface area contributed by atoms with Crippen LogP contribution in [0.3, 0.4) is 0 Å². The van der Waals surface area contributed by atoms with Gasteiger partial charge in [-0.25, -0.2) is 0 Å². The van der Waals surface area contributed by atoms with Crippen molar-refractivity contribution in [2.24, 2.45) is 5.92 Å². The summed E-state index contributed by atoms with van der Waals surface area (Å²) in [6.45, 7) is 2.14. The molecule has 0 amide bonds. The van der Waals surface area contributed by atoms with Crippen molar-refractivity contribution in [2.45, 2.75) is 39.0 Å². The third-order valence-electron chi connectivity index (χ3n) is 5.21. The van der Waals surface area contributed by atoms with Gasteiger partial charge in [-0.3, -0.25) is 0 Å². The number of aryl methyl sites for hydroxylation is 1. The minimum atomic E-state index is 0.781. The van der Waals surface area contributed by atoms with Gasteiger partial charge < -0.3 is 0 Å². The summed E-state index contributed by atoms with van der Waals surface area (Å²) in [6, 6.07) is 15.5. The molecule has 2 aromatic carbocycles. The minimum absolute atomic E-state index is 0.781. The van der Waals surface area contributed by atoms with E-state index in [1.165, 1.54) is 64.8 Å². The van der Waals surface area contributed by atoms with Crippen molar-refractivity contribution < 1.29 is 0 Å². The monoisotopic (exact) mass is 300 g/mol. The number of fused-ring (bicyclic) bond motifs is 1. The summed E-state index contributed by atoms with van der Waals surface area (Å²) in [7, 11) is 0. The van der Waals surface area contributed by atoms with Gasteiger partial charge in [0.15, 0.2) is 0 Å². The standard InChI is InChI=1S/C23H24/c1-17-10-12-20(13-11-17)22-9-5-8-21-15-19(16-23(21)22)14-18-6-3-2-4-7-18/h5,8-16,18H,2-4,6-7H2,1H3. The summed E-state index contributed by atoms with van der Waals surface area (Å²) in [5, 5.41) is 2.75. The molecule has 0 aromatic heterocycles. The summed E-state index contributed by atoms with van der Waals surface area (Å²) in [6.07, 6.45) is 14.2. The van der Waals surface area contributed by atoms with Crippen LogP contribution < -0.4 is 10.4 Å². The predicted molar refractivity (Wildman–Crippen MR) is 99.5 cm³/mol. The van der Waals surface area contributed by atoms with Crippen LogP contribution in [0, 0.1) is 12.8 Å². The summed E-state index contributed by atoms with van der Waals surface area (Å²) in [5.74, 6) is 0.781. The van der Waals surface area contributed by atoms with Crippen LogP contribution in [0.5, 0.6) is 0 Å². The summed E-state index contributed by atoms with van der Waals surface area (Å²) in [5.41, 5.74) is 5.39. The van der Waals surface area contributed by atoms with Gasteiger partial charge in [-0.1, -0.05) is 73.4 Å². The van der Waals surface area contributed by atoms with Gasteiger partial charge in [-0.15, -0.1) is 0 Å². The van der Waals surface area contributed by atoms with Crippen molar-refractivity contribution in [3.63, 3.8) is 0 Å². The molecule has 0 unspecified atom stereocenters. The number of benzene rings is 2. The quantitative estimate of drug-likeness (QED) is 0.751. The van der Waals surface area contributed by atoms with Crippen LogP contribution in [-0.2, 0) is 0 Å². The van der Waals surface area contributed by atoms with Crippen LogP contribution >= 0.6 is 0 Å². The Kier molecular flexibility index (Phi) is 3.91. The second kappa shape index (κ2) is 6.20. The molecule has 0 N–H and O–H groups in total. The molecule has 4 rings (SSSR count). The number of hydrogen-bond acceptors (Lipinski definition) is 0. The highest BCUT2D eigenvalue weighted by Crippen LogP contribution is 2.26. The molecule has 1 fully saturated rings. The van der Waals surface area contributed by atoms with Crippen LogP contribution in [-0.4, -0.2) is 0 Å². The van der Waals surface area contributed by atoms with Gasteiger partial charge in [0.1, 0.15) is 0 Å². The Morgan fingerprint density at radius 1 is 0.870 bits per heavy atom. The Morgan fingerprint density at radius 3 is 2.43 bits per heavy atom. The SMILES string of the molecule is Cc1ccc(-c2cccc3c2=CC(=CC2CCCCC2)C=3)cc1. The van der Waals surface area contributed by atoms with E-state index in [2.05, 4.69) is 67.6 Å². The Hall–Kier alpha value is -2.08. The van der Waals surface area contributed by atoms with Crippen LogP contribution in [0.25, 0.3) is 23.3 Å². The molecule has 0 atom stereocenters. The van der Waals surface area contributed by atoms with Crippen molar-refractivity contribution >= 4 is 12.2 Å². The molecule has 0 radical (unpaired) electrons. The molecule has 0 nitrogen and oxygen atoms in total. The zero-order valence-electron chi connectivity index (χ0n) is 13.9. The maximum Gasteiger partial charge on any atom is -0.00994 e. The van der Waals surface area contributed by atoms with E-state index in [0.717, 1.165) is 5.92 Å². The van der Waals surface area contributed by atoms with E-state index in [1.54, 1.807) is 0 Å². The fourth-order valence-electron chi connectivity index (χ4n) is 3.91. The average molecular weight is 300 g/mol. The molecule has 2 aliphatic carbocycles. The fraction of sp³-hybridized carbons (Fsp3) is 0.304. The van der Waals surface area contributed by atoms with E-state index in [1.807, 2.05) is 0 Å². The molecular formula is C23H24. The Morgan fingerprint density at radius 2 is 1.65 bits per heavy atom. The maximum atomic E-state index is 2.51. The van der Waals surface area contributed by atoms with E-state index in [0.29, 0.717) is 0 Å². The van der Waals surface area contributed by atoms with Gasteiger partial charge in [0.2, 0.25) is 0 Å². The van der Waals surface area contributed by atoms with Gasteiger partial charge in [0, 0.05) is 0 Å². The molecule has 0 saturated heterocycles. The van der Waals surface area contributed by atoms with Gasteiger partial charge in [-0.2, -0.15) is 0 Å². The van der Waals surface area contributed by atoms with E-state index in [-0.39, 0.29) is 0 Å². The van der Waals surface area contributed by atoms with E-state index in [9.17, 15) is 0 Å². The number of allylic oxidation sites excluding steroid dienone is 2. The fourth-order valence-corrected chi connectivity index (χ4v) is 3.91. The molecule has 0 aliphatic heterocycles. The molecule has 2 aliphatic rings. The lowest BCUT2D eigenvalue weighted by molar-refractivity contribution is 0.419. The first kappa shape index (κ1) is 14.5. The highest BCUT2D eigenvalue weighted by atomic mass is 14.2. The molecule has 0 heteroatoms. The molecule has 1 saturated carbocycles. The highest BCUT2D eigenvalue weighted by molar-refractivity contribution is 5.77. The van der Waals surface area contributed by atoms with Crippen molar-refractivity contribution in [3.8, 4) is 11.1 Å². The molecule has 2 aromatic rings. The first-order valence-corrected chi connectivity index (χ1v) is 8.91. The Balaban J connectivity index is 1.74. The number of rotatable bonds is 2. The van der Waals surface area contributed by atoms with Crippen molar-refractivity contribution in [3.05, 3.63) is 70.1 Å². The zero-order chi connectivity index (χ0) is 15.6. The van der Waals surface area contributed by atoms with Crippen molar-refractivity contribution in [2.75, 3.05) is 0 Å². The average Bonchev–Trinajstić information content (AvgIpc) is 2.99. The first-order chi connectivity index (χ1) is 11.3. The third kappa shape index (κ3) is 3.03. The molecular weight excluding hydrogens is 276 g/mol. The van der Waals surface area contributed by atoms with Crippen LogP contribution in [0.2, 0.25) is 0 Å². The molecule has 0 bridgehead atoms. The normalized spacial score (nSPS) is 19.3. The second-order valence-electron chi connectivity index (χ2n) is 7.03. The van der Waals surface area contributed by atoms with Crippen molar-refractivity contribution in [1.82, 2.24) is 0 Å². The number of hydrogen-bond donors (Lipinski definition) is 0. The highest BCUT2D eigenvalue weighted by Gasteiger charge is 2.12. The van der Waals surface area contributed by atoms with Crippen LogP contribution in [0.1, 0.15) is 37.7 Å². The molecule has 0 spiro atoms. The third-order valence-corrected chi connectivity index (χ3v) is 5.21. The van der Waals surface area contributed by atoms with Crippen molar-refractivity contribution in [1.29, 1.82) is 0 Å². The van der Waals surface area contributed by atoms with Gasteiger partial charge in [-0.05, 0) is 65.0 Å². The molecule has 0 heterocycles. The molecule has 116 valence electrons. The van der Waals surface area contributed by atoms with Crippen LogP contribution in [0.4, 0.5) is 0 Å². The van der Waals surface area contributed by atoms with Crippen LogP contribution in [0.15, 0.2) is 54.1 Å². The van der Waals surface area contributed by atoms with E-state index in [4.69, 9.17) is 0 Å². The second-order valence-corrected chi connectivity index (χ2v) is 7.03. The van der Waals surface area contributed by atoms with Gasteiger partial charge in [0.25, 0.3) is 0 Å². The lowest BCUT2D eigenvalue weighted by Crippen LogP contribution is -2.22. The zero-order valence-corrected chi connectivity index (χ0v) is 13.9. The lowest BCUT2D eigenvalue weighted by atomic mass is 9.88. The van der Waals surface area contributed by atoms with Gasteiger partial charge >= 0.3 is 0 Å². The summed E-state index contributed by atoms with van der Waals surface area (Å²) >= 11 is 0. The topological polar surface area (TPSA) is 0 Å². The smallest absolute Gasteiger partial charge is 0.00994 e. The maximum absolute atomic E-state index is 2.51. The molecule has 23 heavy (non-hydrogen) atoms. The summed E-state index contributed by atoms with van der Waals surface area (Å²) < 4.78 is 0.